The minimum atomic E-state index is -3.40. The SMILES string of the molecule is CBc1ccc(S(=O)(=O)N(C)CC2CO2)c(C)c1. The summed E-state index contributed by atoms with van der Waals surface area (Å²) < 4.78 is 31.2. The van der Waals surface area contributed by atoms with Gasteiger partial charge in [-0.2, -0.15) is 4.31 Å². The van der Waals surface area contributed by atoms with Crippen LogP contribution in [0.25, 0.3) is 0 Å². The molecule has 98 valence electrons. The molecule has 0 N–H and O–H groups in total. The third kappa shape index (κ3) is 2.76. The molecule has 1 heterocycles. The van der Waals surface area contributed by atoms with Crippen LogP contribution in [0.3, 0.4) is 0 Å². The minimum Gasteiger partial charge on any atom is -0.372 e. The number of aryl methyl sites for hydroxylation is 1. The van der Waals surface area contributed by atoms with E-state index in [0.29, 0.717) is 18.0 Å². The van der Waals surface area contributed by atoms with E-state index in [-0.39, 0.29) is 6.10 Å². The lowest BCUT2D eigenvalue weighted by Gasteiger charge is -2.17. The second-order valence-electron chi connectivity index (χ2n) is 4.69. The number of ether oxygens (including phenoxy) is 1. The van der Waals surface area contributed by atoms with E-state index >= 15 is 0 Å². The molecule has 1 saturated heterocycles. The van der Waals surface area contributed by atoms with Gasteiger partial charge in [-0.15, -0.1) is 0 Å². The van der Waals surface area contributed by atoms with Crippen LogP contribution in [0.2, 0.25) is 6.82 Å². The third-order valence-corrected chi connectivity index (χ3v) is 5.18. The Bertz CT molecular complexity index is 540. The van der Waals surface area contributed by atoms with Crippen molar-refractivity contribution in [1.29, 1.82) is 0 Å². The number of likely N-dealkylation sites (N-methyl/N-ethyl adjacent to an activating group) is 1. The number of rotatable bonds is 5. The number of epoxide rings is 1. The summed E-state index contributed by atoms with van der Waals surface area (Å²) in [5, 5.41) is 0. The zero-order valence-electron chi connectivity index (χ0n) is 11.0. The van der Waals surface area contributed by atoms with Crippen LogP contribution in [0.5, 0.6) is 0 Å². The van der Waals surface area contributed by atoms with Gasteiger partial charge in [0.1, 0.15) is 0 Å². The molecule has 18 heavy (non-hydrogen) atoms. The maximum absolute atomic E-state index is 12.4. The van der Waals surface area contributed by atoms with Gasteiger partial charge in [0.05, 0.1) is 17.6 Å². The lowest BCUT2D eigenvalue weighted by Crippen LogP contribution is -2.31. The molecule has 1 aromatic carbocycles. The molecule has 0 amide bonds. The Labute approximate surface area is 109 Å². The van der Waals surface area contributed by atoms with E-state index in [1.807, 2.05) is 19.1 Å². The van der Waals surface area contributed by atoms with Gasteiger partial charge in [-0.1, -0.05) is 24.4 Å². The first-order chi connectivity index (χ1) is 8.45. The Balaban J connectivity index is 2.28. The fourth-order valence-corrected chi connectivity index (χ4v) is 3.35. The standard InChI is InChI=1S/C12H18BNO3S/c1-9-6-10(13-2)4-5-12(9)18(15,16)14(3)7-11-8-17-11/h4-6,11,13H,7-8H2,1-3H3. The first kappa shape index (κ1) is 13.6. The van der Waals surface area contributed by atoms with Crippen LogP contribution in [-0.4, -0.2) is 46.3 Å². The topological polar surface area (TPSA) is 49.9 Å². The molecular weight excluding hydrogens is 249 g/mol. The summed E-state index contributed by atoms with van der Waals surface area (Å²) in [5.74, 6) is 0. The van der Waals surface area contributed by atoms with Gasteiger partial charge < -0.3 is 4.74 Å². The Morgan fingerprint density at radius 3 is 2.67 bits per heavy atom. The van der Waals surface area contributed by atoms with Gasteiger partial charge in [0.25, 0.3) is 0 Å². The van der Waals surface area contributed by atoms with Crippen molar-refractivity contribution in [3.8, 4) is 0 Å². The van der Waals surface area contributed by atoms with Crippen molar-refractivity contribution in [2.45, 2.75) is 24.7 Å². The minimum absolute atomic E-state index is 0.0694. The van der Waals surface area contributed by atoms with Crippen LogP contribution in [0.4, 0.5) is 0 Å². The van der Waals surface area contributed by atoms with Crippen molar-refractivity contribution in [1.82, 2.24) is 4.31 Å². The zero-order valence-corrected chi connectivity index (χ0v) is 11.8. The van der Waals surface area contributed by atoms with Crippen molar-refractivity contribution >= 4 is 22.8 Å². The highest BCUT2D eigenvalue weighted by atomic mass is 32.2. The predicted octanol–water partition coefficient (Wildman–Crippen LogP) is 0.124. The molecule has 0 bridgehead atoms. The number of hydrogen-bond donors (Lipinski definition) is 0. The first-order valence-electron chi connectivity index (χ1n) is 6.12. The smallest absolute Gasteiger partial charge is 0.243 e. The largest absolute Gasteiger partial charge is 0.372 e. The molecular formula is C12H18BNO3S. The van der Waals surface area contributed by atoms with Crippen LogP contribution >= 0.6 is 0 Å². The summed E-state index contributed by atoms with van der Waals surface area (Å²) in [4.78, 5) is 0.392. The number of nitrogens with zero attached hydrogens (tertiary/aromatic N) is 1. The van der Waals surface area contributed by atoms with Crippen LogP contribution in [0, 0.1) is 6.92 Å². The zero-order chi connectivity index (χ0) is 13.3. The molecule has 0 aromatic heterocycles. The molecule has 6 heteroatoms. The highest BCUT2D eigenvalue weighted by molar-refractivity contribution is 7.89. The summed E-state index contributed by atoms with van der Waals surface area (Å²) in [6.07, 6.45) is 0.0694. The molecule has 1 fully saturated rings. The van der Waals surface area contributed by atoms with Crippen LogP contribution < -0.4 is 5.46 Å². The molecule has 0 saturated carbocycles. The number of hydrogen-bond acceptors (Lipinski definition) is 3. The Hall–Kier alpha value is -0.845. The predicted molar refractivity (Wildman–Crippen MR) is 73.4 cm³/mol. The summed E-state index contributed by atoms with van der Waals surface area (Å²) in [5.41, 5.74) is 1.96. The quantitative estimate of drug-likeness (QED) is 0.562. The van der Waals surface area contributed by atoms with E-state index in [1.165, 1.54) is 4.31 Å². The van der Waals surface area contributed by atoms with E-state index in [1.54, 1.807) is 13.1 Å². The average molecular weight is 267 g/mol. The van der Waals surface area contributed by atoms with Crippen molar-refractivity contribution in [2.24, 2.45) is 0 Å². The molecule has 0 aliphatic carbocycles. The van der Waals surface area contributed by atoms with Crippen LogP contribution in [0.1, 0.15) is 5.56 Å². The van der Waals surface area contributed by atoms with E-state index < -0.39 is 10.0 Å². The second-order valence-corrected chi connectivity index (χ2v) is 6.71. The van der Waals surface area contributed by atoms with Gasteiger partial charge in [0.15, 0.2) is 7.28 Å². The Morgan fingerprint density at radius 1 is 1.50 bits per heavy atom. The summed E-state index contributed by atoms with van der Waals surface area (Å²) in [6.45, 7) is 4.98. The second kappa shape index (κ2) is 5.03. The lowest BCUT2D eigenvalue weighted by atomic mass is 9.73. The normalized spacial score (nSPS) is 19.0. The van der Waals surface area contributed by atoms with Crippen molar-refractivity contribution < 1.29 is 13.2 Å². The molecule has 4 nitrogen and oxygen atoms in total. The maximum Gasteiger partial charge on any atom is 0.243 e. The summed E-state index contributed by atoms with van der Waals surface area (Å²) >= 11 is 0. The van der Waals surface area contributed by atoms with Gasteiger partial charge in [-0.3, -0.25) is 0 Å². The van der Waals surface area contributed by atoms with Gasteiger partial charge in [0.2, 0.25) is 10.0 Å². The van der Waals surface area contributed by atoms with Gasteiger partial charge >= 0.3 is 0 Å². The van der Waals surface area contributed by atoms with E-state index in [2.05, 4.69) is 6.82 Å². The van der Waals surface area contributed by atoms with Crippen molar-refractivity contribution in [3.05, 3.63) is 23.8 Å². The maximum atomic E-state index is 12.4. The molecule has 0 radical (unpaired) electrons. The van der Waals surface area contributed by atoms with E-state index in [9.17, 15) is 8.42 Å². The Morgan fingerprint density at radius 2 is 2.17 bits per heavy atom. The average Bonchev–Trinajstić information content (AvgIpc) is 3.12. The fraction of sp³-hybridized carbons (Fsp3) is 0.500. The lowest BCUT2D eigenvalue weighted by molar-refractivity contribution is 0.359. The third-order valence-electron chi connectivity index (χ3n) is 3.20. The van der Waals surface area contributed by atoms with Gasteiger partial charge in [-0.05, 0) is 18.6 Å². The van der Waals surface area contributed by atoms with Crippen molar-refractivity contribution in [3.63, 3.8) is 0 Å². The highest BCUT2D eigenvalue weighted by Gasteiger charge is 2.30. The fourth-order valence-electron chi connectivity index (χ4n) is 1.95. The summed E-state index contributed by atoms with van der Waals surface area (Å²) in [7, 11) is -0.885. The Kier molecular flexibility index (Phi) is 3.80. The van der Waals surface area contributed by atoms with Crippen LogP contribution in [-0.2, 0) is 14.8 Å². The molecule has 1 unspecified atom stereocenters. The van der Waals surface area contributed by atoms with Gasteiger partial charge in [0, 0.05) is 13.6 Å². The van der Waals surface area contributed by atoms with Crippen molar-refractivity contribution in [2.75, 3.05) is 20.2 Å². The molecule has 1 aromatic rings. The van der Waals surface area contributed by atoms with E-state index in [4.69, 9.17) is 4.74 Å². The molecule has 1 aliphatic rings. The van der Waals surface area contributed by atoms with Gasteiger partial charge in [-0.25, -0.2) is 8.42 Å². The number of benzene rings is 1. The highest BCUT2D eigenvalue weighted by Crippen LogP contribution is 2.20. The molecule has 2 rings (SSSR count). The number of sulfonamides is 1. The van der Waals surface area contributed by atoms with E-state index in [0.717, 1.165) is 18.3 Å². The summed E-state index contributed by atoms with van der Waals surface area (Å²) in [6, 6.07) is 5.52. The van der Waals surface area contributed by atoms with Crippen LogP contribution in [0.15, 0.2) is 23.1 Å². The first-order valence-corrected chi connectivity index (χ1v) is 7.56. The molecule has 1 aliphatic heterocycles. The molecule has 0 spiro atoms. The monoisotopic (exact) mass is 267 g/mol. The molecule has 1 atom stereocenters.